The van der Waals surface area contributed by atoms with Crippen LogP contribution in [0.2, 0.25) is 5.02 Å². The number of likely N-dealkylation sites (N-methyl/N-ethyl adjacent to an activating group) is 1. The first-order valence-corrected chi connectivity index (χ1v) is 9.01. The van der Waals surface area contributed by atoms with Gasteiger partial charge in [0.15, 0.2) is 0 Å². The highest BCUT2D eigenvalue weighted by Gasteiger charge is 2.33. The number of fused-ring (bicyclic) bond motifs is 1. The van der Waals surface area contributed by atoms with Crippen molar-refractivity contribution in [2.75, 3.05) is 13.1 Å². The van der Waals surface area contributed by atoms with Gasteiger partial charge in [-0.1, -0.05) is 41.9 Å². The Morgan fingerprint density at radius 3 is 2.68 bits per heavy atom. The van der Waals surface area contributed by atoms with E-state index in [0.29, 0.717) is 13.0 Å². The molecule has 1 saturated heterocycles. The fraction of sp³-hybridized carbons (Fsp3) is 0.300. The molecular weight excluding hydrogens is 334 g/mol. The SMILES string of the molecule is CCN1C[C@@H](c2nc3ccccc3n2Cc2ccccc2Cl)CC1=O. The van der Waals surface area contributed by atoms with Gasteiger partial charge in [0.05, 0.1) is 17.6 Å². The van der Waals surface area contributed by atoms with E-state index < -0.39 is 0 Å². The van der Waals surface area contributed by atoms with Gasteiger partial charge in [0.1, 0.15) is 5.82 Å². The molecule has 0 N–H and O–H groups in total. The minimum absolute atomic E-state index is 0.127. The first kappa shape index (κ1) is 16.2. The fourth-order valence-corrected chi connectivity index (χ4v) is 3.82. The van der Waals surface area contributed by atoms with Crippen LogP contribution in [0.3, 0.4) is 0 Å². The molecular formula is C20H20ClN3O. The molecule has 128 valence electrons. The van der Waals surface area contributed by atoms with Gasteiger partial charge in [0, 0.05) is 30.5 Å². The first-order chi connectivity index (χ1) is 12.2. The largest absolute Gasteiger partial charge is 0.342 e. The van der Waals surface area contributed by atoms with Crippen molar-refractivity contribution in [3.8, 4) is 0 Å². The van der Waals surface area contributed by atoms with E-state index in [9.17, 15) is 4.79 Å². The first-order valence-electron chi connectivity index (χ1n) is 8.63. The molecule has 1 atom stereocenters. The maximum absolute atomic E-state index is 12.2. The number of hydrogen-bond acceptors (Lipinski definition) is 2. The number of benzene rings is 2. The predicted molar refractivity (Wildman–Crippen MR) is 99.9 cm³/mol. The Bertz CT molecular complexity index is 934. The smallest absolute Gasteiger partial charge is 0.223 e. The van der Waals surface area contributed by atoms with E-state index in [-0.39, 0.29) is 11.8 Å². The van der Waals surface area contributed by atoms with E-state index >= 15 is 0 Å². The predicted octanol–water partition coefficient (Wildman–Crippen LogP) is 4.07. The number of imidazole rings is 1. The van der Waals surface area contributed by atoms with Crippen molar-refractivity contribution in [3.05, 3.63) is 64.9 Å². The van der Waals surface area contributed by atoms with Crippen LogP contribution >= 0.6 is 11.6 Å². The van der Waals surface area contributed by atoms with Crippen LogP contribution in [0, 0.1) is 0 Å². The molecule has 2 heterocycles. The molecule has 0 aliphatic carbocycles. The van der Waals surface area contributed by atoms with Crippen LogP contribution in [0.5, 0.6) is 0 Å². The molecule has 4 rings (SSSR count). The Balaban J connectivity index is 1.79. The molecule has 1 amide bonds. The maximum atomic E-state index is 12.2. The van der Waals surface area contributed by atoms with Gasteiger partial charge in [-0.05, 0) is 30.7 Å². The normalized spacial score (nSPS) is 17.6. The number of rotatable bonds is 4. The number of carbonyl (C=O) groups excluding carboxylic acids is 1. The number of aromatic nitrogens is 2. The third kappa shape index (κ3) is 2.91. The van der Waals surface area contributed by atoms with E-state index in [1.54, 1.807) is 0 Å². The van der Waals surface area contributed by atoms with E-state index in [1.165, 1.54) is 0 Å². The van der Waals surface area contributed by atoms with Crippen LogP contribution in [0.4, 0.5) is 0 Å². The van der Waals surface area contributed by atoms with Crippen molar-refractivity contribution in [2.45, 2.75) is 25.8 Å². The lowest BCUT2D eigenvalue weighted by atomic mass is 10.1. The van der Waals surface area contributed by atoms with Crippen molar-refractivity contribution in [3.63, 3.8) is 0 Å². The molecule has 1 aromatic heterocycles. The Labute approximate surface area is 152 Å². The van der Waals surface area contributed by atoms with Crippen LogP contribution in [0.25, 0.3) is 11.0 Å². The summed E-state index contributed by atoms with van der Waals surface area (Å²) in [5.41, 5.74) is 3.11. The Kier molecular flexibility index (Phi) is 4.22. The van der Waals surface area contributed by atoms with Crippen LogP contribution in [0.15, 0.2) is 48.5 Å². The van der Waals surface area contributed by atoms with Gasteiger partial charge in [-0.2, -0.15) is 0 Å². The quantitative estimate of drug-likeness (QED) is 0.709. The van der Waals surface area contributed by atoms with Gasteiger partial charge < -0.3 is 9.47 Å². The lowest BCUT2D eigenvalue weighted by Gasteiger charge is -2.16. The molecule has 0 spiro atoms. The second-order valence-electron chi connectivity index (χ2n) is 6.47. The summed E-state index contributed by atoms with van der Waals surface area (Å²) < 4.78 is 2.22. The molecule has 5 heteroatoms. The number of nitrogens with zero attached hydrogens (tertiary/aromatic N) is 3. The molecule has 0 saturated carbocycles. The Morgan fingerprint density at radius 2 is 1.92 bits per heavy atom. The Morgan fingerprint density at radius 1 is 1.16 bits per heavy atom. The van der Waals surface area contributed by atoms with Crippen molar-refractivity contribution in [2.24, 2.45) is 0 Å². The Hall–Kier alpha value is -2.33. The third-order valence-electron chi connectivity index (χ3n) is 4.93. The van der Waals surface area contributed by atoms with Crippen LogP contribution in [-0.2, 0) is 11.3 Å². The molecule has 1 fully saturated rings. The van der Waals surface area contributed by atoms with Crippen LogP contribution < -0.4 is 0 Å². The molecule has 1 aliphatic rings. The highest BCUT2D eigenvalue weighted by Crippen LogP contribution is 2.31. The van der Waals surface area contributed by atoms with Crippen LogP contribution in [0.1, 0.15) is 30.7 Å². The molecule has 1 aliphatic heterocycles. The van der Waals surface area contributed by atoms with E-state index in [0.717, 1.165) is 40.5 Å². The second-order valence-corrected chi connectivity index (χ2v) is 6.88. The van der Waals surface area contributed by atoms with E-state index in [2.05, 4.69) is 10.6 Å². The lowest BCUT2D eigenvalue weighted by molar-refractivity contribution is -0.127. The zero-order valence-electron chi connectivity index (χ0n) is 14.2. The van der Waals surface area contributed by atoms with Gasteiger partial charge in [0.2, 0.25) is 5.91 Å². The van der Waals surface area contributed by atoms with Gasteiger partial charge >= 0.3 is 0 Å². The number of hydrogen-bond donors (Lipinski definition) is 0. The van der Waals surface area contributed by atoms with Crippen LogP contribution in [-0.4, -0.2) is 33.4 Å². The molecule has 4 nitrogen and oxygen atoms in total. The zero-order chi connectivity index (χ0) is 17.4. The summed E-state index contributed by atoms with van der Waals surface area (Å²) >= 11 is 6.38. The minimum atomic E-state index is 0.127. The summed E-state index contributed by atoms with van der Waals surface area (Å²) in [6, 6.07) is 16.0. The van der Waals surface area contributed by atoms with E-state index in [1.807, 2.05) is 54.3 Å². The number of amides is 1. The van der Waals surface area contributed by atoms with E-state index in [4.69, 9.17) is 16.6 Å². The summed E-state index contributed by atoms with van der Waals surface area (Å²) in [5, 5.41) is 0.754. The monoisotopic (exact) mass is 353 g/mol. The summed E-state index contributed by atoms with van der Waals surface area (Å²) in [4.78, 5) is 19.0. The molecule has 25 heavy (non-hydrogen) atoms. The number of para-hydroxylation sites is 2. The minimum Gasteiger partial charge on any atom is -0.342 e. The molecule has 2 aromatic carbocycles. The van der Waals surface area contributed by atoms with Crippen molar-refractivity contribution in [1.82, 2.24) is 14.5 Å². The summed E-state index contributed by atoms with van der Waals surface area (Å²) in [6.07, 6.45) is 0.527. The summed E-state index contributed by atoms with van der Waals surface area (Å²) in [5.74, 6) is 1.32. The third-order valence-corrected chi connectivity index (χ3v) is 5.30. The zero-order valence-corrected chi connectivity index (χ0v) is 14.9. The molecule has 3 aromatic rings. The topological polar surface area (TPSA) is 38.1 Å². The second kappa shape index (κ2) is 6.52. The van der Waals surface area contributed by atoms with Gasteiger partial charge in [-0.15, -0.1) is 0 Å². The number of halogens is 1. The lowest BCUT2D eigenvalue weighted by Crippen LogP contribution is -2.24. The maximum Gasteiger partial charge on any atom is 0.223 e. The van der Waals surface area contributed by atoms with Crippen molar-refractivity contribution in [1.29, 1.82) is 0 Å². The average Bonchev–Trinajstić information content (AvgIpc) is 3.17. The standard InChI is InChI=1S/C20H20ClN3O/c1-2-23-12-15(11-19(23)25)20-22-17-9-5-6-10-18(17)24(20)13-14-7-3-4-8-16(14)21/h3-10,15H,2,11-13H2,1H3/t15-/m0/s1. The highest BCUT2D eigenvalue weighted by molar-refractivity contribution is 6.31. The van der Waals surface area contributed by atoms with Gasteiger partial charge in [-0.3, -0.25) is 4.79 Å². The summed E-state index contributed by atoms with van der Waals surface area (Å²) in [6.45, 7) is 4.17. The molecule has 0 unspecified atom stereocenters. The van der Waals surface area contributed by atoms with Crippen molar-refractivity contribution >= 4 is 28.5 Å². The molecule has 0 bridgehead atoms. The average molecular weight is 354 g/mol. The molecule has 0 radical (unpaired) electrons. The summed E-state index contributed by atoms with van der Waals surface area (Å²) in [7, 11) is 0. The fourth-order valence-electron chi connectivity index (χ4n) is 3.62. The number of carbonyl (C=O) groups is 1. The van der Waals surface area contributed by atoms with Gasteiger partial charge in [-0.25, -0.2) is 4.98 Å². The number of likely N-dealkylation sites (tertiary alicyclic amines) is 1. The highest BCUT2D eigenvalue weighted by atomic mass is 35.5. The van der Waals surface area contributed by atoms with Gasteiger partial charge in [0.25, 0.3) is 0 Å². The van der Waals surface area contributed by atoms with Crippen molar-refractivity contribution < 1.29 is 4.79 Å².